The molecule has 0 radical (unpaired) electrons. The number of hydrogen-bond acceptors (Lipinski definition) is 1. The van der Waals surface area contributed by atoms with Gasteiger partial charge in [-0.1, -0.05) is 38.1 Å². The van der Waals surface area contributed by atoms with E-state index in [2.05, 4.69) is 50.4 Å². The first-order chi connectivity index (χ1) is 8.16. The summed E-state index contributed by atoms with van der Waals surface area (Å²) >= 11 is 0. The fourth-order valence-electron chi connectivity index (χ4n) is 2.57. The number of fused-ring (bicyclic) bond motifs is 1. The molecule has 1 aromatic carbocycles. The lowest BCUT2D eigenvalue weighted by atomic mass is 9.77. The Labute approximate surface area is 106 Å². The van der Waals surface area contributed by atoms with Crippen LogP contribution in [0, 0.1) is 5.92 Å². The predicted octanol–water partition coefficient (Wildman–Crippen LogP) is 3.74. The quantitative estimate of drug-likeness (QED) is 0.786. The Kier molecular flexibility index (Phi) is 4.22. The van der Waals surface area contributed by atoms with Gasteiger partial charge in [-0.05, 0) is 43.2 Å². The molecule has 1 aromatic rings. The summed E-state index contributed by atoms with van der Waals surface area (Å²) < 4.78 is 0. The summed E-state index contributed by atoms with van der Waals surface area (Å²) in [6.45, 7) is 8.06. The molecule has 1 nitrogen and oxygen atoms in total. The average Bonchev–Trinajstić information content (AvgIpc) is 2.27. The van der Waals surface area contributed by atoms with E-state index >= 15 is 0 Å². The Hall–Kier alpha value is -0.820. The maximum absolute atomic E-state index is 3.68. The first kappa shape index (κ1) is 12.6. The van der Waals surface area contributed by atoms with Gasteiger partial charge < -0.3 is 5.32 Å². The second kappa shape index (κ2) is 5.68. The first-order valence-electron chi connectivity index (χ1n) is 6.98. The minimum Gasteiger partial charge on any atom is -0.314 e. The van der Waals surface area contributed by atoms with Gasteiger partial charge in [-0.25, -0.2) is 0 Å². The number of rotatable bonds is 6. The van der Waals surface area contributed by atoms with Crippen molar-refractivity contribution in [2.45, 2.75) is 52.0 Å². The van der Waals surface area contributed by atoms with E-state index in [1.807, 2.05) is 0 Å². The highest BCUT2D eigenvalue weighted by Gasteiger charge is 2.25. The summed E-state index contributed by atoms with van der Waals surface area (Å²) in [5, 5.41) is 3.68. The van der Waals surface area contributed by atoms with E-state index in [1.54, 1.807) is 11.1 Å². The molecule has 1 aliphatic carbocycles. The second-order valence-electron chi connectivity index (χ2n) is 5.88. The molecule has 2 atom stereocenters. The lowest BCUT2D eigenvalue weighted by molar-refractivity contribution is 0.425. The summed E-state index contributed by atoms with van der Waals surface area (Å²) in [6.07, 6.45) is 3.89. The molecule has 0 aromatic heterocycles. The van der Waals surface area contributed by atoms with Crippen LogP contribution in [0.15, 0.2) is 24.3 Å². The summed E-state index contributed by atoms with van der Waals surface area (Å²) in [7, 11) is 0. The Balaban J connectivity index is 1.70. The smallest absolute Gasteiger partial charge is 0.00390 e. The Morgan fingerprint density at radius 2 is 1.94 bits per heavy atom. The Morgan fingerprint density at radius 3 is 2.65 bits per heavy atom. The molecule has 0 bridgehead atoms. The van der Waals surface area contributed by atoms with Crippen LogP contribution in [0.4, 0.5) is 0 Å². The van der Waals surface area contributed by atoms with Crippen molar-refractivity contribution in [2.24, 2.45) is 5.92 Å². The second-order valence-corrected chi connectivity index (χ2v) is 5.88. The van der Waals surface area contributed by atoms with Gasteiger partial charge in [-0.3, -0.25) is 0 Å². The lowest BCUT2D eigenvalue weighted by Gasteiger charge is -2.31. The highest BCUT2D eigenvalue weighted by atomic mass is 14.9. The molecule has 94 valence electrons. The van der Waals surface area contributed by atoms with E-state index in [-0.39, 0.29) is 0 Å². The molecule has 0 amide bonds. The van der Waals surface area contributed by atoms with Crippen molar-refractivity contribution >= 4 is 0 Å². The van der Waals surface area contributed by atoms with Crippen LogP contribution in [0.1, 0.15) is 50.7 Å². The van der Waals surface area contributed by atoms with Gasteiger partial charge in [0.15, 0.2) is 0 Å². The monoisotopic (exact) mass is 231 g/mol. The molecule has 0 fully saturated rings. The SMILES string of the molecule is CC(C)CCC(C)NCC1Cc2ccccc21. The van der Waals surface area contributed by atoms with Crippen LogP contribution in [-0.2, 0) is 6.42 Å². The lowest BCUT2D eigenvalue weighted by Crippen LogP contribution is -2.34. The van der Waals surface area contributed by atoms with E-state index < -0.39 is 0 Å². The topological polar surface area (TPSA) is 12.0 Å². The van der Waals surface area contributed by atoms with Crippen LogP contribution in [0.25, 0.3) is 0 Å². The normalized spacial score (nSPS) is 19.9. The van der Waals surface area contributed by atoms with Crippen molar-refractivity contribution in [3.63, 3.8) is 0 Å². The molecular formula is C16H25N. The molecule has 2 unspecified atom stereocenters. The minimum atomic E-state index is 0.658. The highest BCUT2D eigenvalue weighted by molar-refractivity contribution is 5.40. The summed E-state index contributed by atoms with van der Waals surface area (Å²) in [5.41, 5.74) is 3.12. The third-order valence-corrected chi connectivity index (χ3v) is 3.85. The van der Waals surface area contributed by atoms with Crippen LogP contribution >= 0.6 is 0 Å². The van der Waals surface area contributed by atoms with Crippen molar-refractivity contribution in [1.82, 2.24) is 5.32 Å². The van der Waals surface area contributed by atoms with Crippen LogP contribution in [0.5, 0.6) is 0 Å². The Morgan fingerprint density at radius 1 is 1.18 bits per heavy atom. The predicted molar refractivity (Wildman–Crippen MR) is 74.4 cm³/mol. The van der Waals surface area contributed by atoms with Gasteiger partial charge in [0.05, 0.1) is 0 Å². The molecule has 0 aliphatic heterocycles. The zero-order chi connectivity index (χ0) is 12.3. The fourth-order valence-corrected chi connectivity index (χ4v) is 2.57. The van der Waals surface area contributed by atoms with E-state index in [9.17, 15) is 0 Å². The van der Waals surface area contributed by atoms with E-state index in [0.29, 0.717) is 6.04 Å². The van der Waals surface area contributed by atoms with Gasteiger partial charge in [0.1, 0.15) is 0 Å². The number of nitrogens with one attached hydrogen (secondary N) is 1. The number of benzene rings is 1. The van der Waals surface area contributed by atoms with E-state index in [4.69, 9.17) is 0 Å². The summed E-state index contributed by atoms with van der Waals surface area (Å²) in [5.74, 6) is 1.58. The largest absolute Gasteiger partial charge is 0.314 e. The van der Waals surface area contributed by atoms with E-state index in [1.165, 1.54) is 19.3 Å². The molecule has 0 saturated carbocycles. The van der Waals surface area contributed by atoms with Gasteiger partial charge >= 0.3 is 0 Å². The van der Waals surface area contributed by atoms with E-state index in [0.717, 1.165) is 18.4 Å². The minimum absolute atomic E-state index is 0.658. The van der Waals surface area contributed by atoms with Crippen molar-refractivity contribution < 1.29 is 0 Å². The Bertz CT molecular complexity index is 356. The molecule has 17 heavy (non-hydrogen) atoms. The molecule has 0 heterocycles. The maximum Gasteiger partial charge on any atom is 0.00390 e. The van der Waals surface area contributed by atoms with Crippen LogP contribution < -0.4 is 5.32 Å². The number of hydrogen-bond donors (Lipinski definition) is 1. The zero-order valence-corrected chi connectivity index (χ0v) is 11.4. The van der Waals surface area contributed by atoms with Gasteiger partial charge in [0.2, 0.25) is 0 Å². The molecule has 2 rings (SSSR count). The van der Waals surface area contributed by atoms with Crippen LogP contribution in [-0.4, -0.2) is 12.6 Å². The third-order valence-electron chi connectivity index (χ3n) is 3.85. The van der Waals surface area contributed by atoms with Crippen LogP contribution in [0.2, 0.25) is 0 Å². The van der Waals surface area contributed by atoms with Crippen molar-refractivity contribution in [1.29, 1.82) is 0 Å². The van der Waals surface area contributed by atoms with Crippen molar-refractivity contribution in [3.8, 4) is 0 Å². The van der Waals surface area contributed by atoms with Crippen molar-refractivity contribution in [2.75, 3.05) is 6.54 Å². The molecule has 1 heteroatoms. The molecular weight excluding hydrogens is 206 g/mol. The zero-order valence-electron chi connectivity index (χ0n) is 11.4. The molecule has 0 saturated heterocycles. The van der Waals surface area contributed by atoms with Gasteiger partial charge in [0.25, 0.3) is 0 Å². The molecule has 1 aliphatic rings. The maximum atomic E-state index is 3.68. The fraction of sp³-hybridized carbons (Fsp3) is 0.625. The van der Waals surface area contributed by atoms with Gasteiger partial charge in [-0.2, -0.15) is 0 Å². The third kappa shape index (κ3) is 3.32. The standard InChI is InChI=1S/C16H25N/c1-12(2)8-9-13(3)17-11-15-10-14-6-4-5-7-16(14)15/h4-7,12-13,15,17H,8-11H2,1-3H3. The van der Waals surface area contributed by atoms with Gasteiger partial charge in [0, 0.05) is 18.5 Å². The summed E-state index contributed by atoms with van der Waals surface area (Å²) in [6, 6.07) is 9.50. The van der Waals surface area contributed by atoms with Gasteiger partial charge in [-0.15, -0.1) is 0 Å². The average molecular weight is 231 g/mol. The highest BCUT2D eigenvalue weighted by Crippen LogP contribution is 2.34. The van der Waals surface area contributed by atoms with Crippen molar-refractivity contribution in [3.05, 3.63) is 35.4 Å². The molecule has 1 N–H and O–H groups in total. The molecule has 0 spiro atoms. The van der Waals surface area contributed by atoms with Crippen LogP contribution in [0.3, 0.4) is 0 Å². The summed E-state index contributed by atoms with van der Waals surface area (Å²) in [4.78, 5) is 0. The first-order valence-corrected chi connectivity index (χ1v) is 6.98.